The number of ketones is 1. The smallest absolute Gasteiger partial charge is 0.425 e. The van der Waals surface area contributed by atoms with Crippen LogP contribution in [0.2, 0.25) is 0 Å². The molecule has 3 rings (SSSR count). The Kier molecular flexibility index (Phi) is 8.24. The Morgan fingerprint density at radius 2 is 1.59 bits per heavy atom. The minimum Gasteiger partial charge on any atom is -0.480 e. The highest BCUT2D eigenvalue weighted by molar-refractivity contribution is 6.03. The molecule has 11 nitrogen and oxygen atoms in total. The van der Waals surface area contributed by atoms with E-state index in [9.17, 15) is 19.5 Å². The van der Waals surface area contributed by atoms with Crippen LogP contribution in [0, 0.1) is 0 Å². The number of amides is 1. The number of aliphatic carboxylic acids is 1. The molecule has 3 aromatic rings. The molecule has 5 N–H and O–H groups in total. The molecule has 170 valence electrons. The highest BCUT2D eigenvalue weighted by Crippen LogP contribution is 2.12. The van der Waals surface area contributed by atoms with E-state index in [0.29, 0.717) is 16.7 Å². The fraction of sp³-hybridized carbons (Fsp3) is 0.286. The van der Waals surface area contributed by atoms with Crippen molar-refractivity contribution in [2.24, 2.45) is 5.84 Å². The van der Waals surface area contributed by atoms with E-state index in [2.05, 4.69) is 19.9 Å². The van der Waals surface area contributed by atoms with E-state index >= 15 is 0 Å². The van der Waals surface area contributed by atoms with Crippen LogP contribution in [-0.4, -0.2) is 59.5 Å². The second kappa shape index (κ2) is 10.9. The predicted octanol–water partition coefficient (Wildman–Crippen LogP) is 2.16. The van der Waals surface area contributed by atoms with Gasteiger partial charge in [-0.25, -0.2) is 30.4 Å². The van der Waals surface area contributed by atoms with Crippen LogP contribution < -0.4 is 5.84 Å². The van der Waals surface area contributed by atoms with Crippen molar-refractivity contribution in [3.63, 3.8) is 0 Å². The number of aromatic amines is 2. The van der Waals surface area contributed by atoms with Gasteiger partial charge in [0, 0.05) is 31.2 Å². The average Bonchev–Trinajstić information content (AvgIpc) is 3.45. The quantitative estimate of drug-likeness (QED) is 0.195. The van der Waals surface area contributed by atoms with Crippen LogP contribution in [0.5, 0.6) is 0 Å². The molecule has 0 radical (unpaired) electrons. The van der Waals surface area contributed by atoms with Crippen molar-refractivity contribution in [1.82, 2.24) is 24.9 Å². The van der Waals surface area contributed by atoms with Crippen molar-refractivity contribution >= 4 is 17.8 Å². The summed E-state index contributed by atoms with van der Waals surface area (Å²) in [5, 5.41) is 9.85. The molecule has 1 unspecified atom stereocenters. The van der Waals surface area contributed by atoms with Gasteiger partial charge < -0.3 is 19.8 Å². The zero-order valence-corrected chi connectivity index (χ0v) is 18.0. The number of nitrogens with two attached hydrogens (primary N) is 1. The number of carbonyl (C=O) groups is 3. The number of imidazole rings is 2. The van der Waals surface area contributed by atoms with Crippen molar-refractivity contribution in [3.8, 4) is 0 Å². The van der Waals surface area contributed by atoms with E-state index in [1.54, 1.807) is 57.4 Å². The van der Waals surface area contributed by atoms with Crippen LogP contribution in [0.1, 0.15) is 42.8 Å². The van der Waals surface area contributed by atoms with E-state index in [1.807, 2.05) is 6.07 Å². The lowest BCUT2D eigenvalue weighted by Gasteiger charge is -2.28. The molecule has 0 saturated carbocycles. The Balaban J connectivity index is 0.000000255. The Labute approximate surface area is 184 Å². The van der Waals surface area contributed by atoms with Crippen molar-refractivity contribution in [2.75, 3.05) is 0 Å². The number of H-pyrrole nitrogens is 2. The Morgan fingerprint density at radius 3 is 2.00 bits per heavy atom. The number of hydrogen-bond acceptors (Lipinski definition) is 7. The molecule has 0 fully saturated rings. The van der Waals surface area contributed by atoms with Crippen LogP contribution in [0.25, 0.3) is 0 Å². The standard InChI is InChI=1S/C14H20N2O4.C7H6N4O/c1-14(2,3)20-13(19)16(15)11(12(17)18)9-10-7-5-4-6-8-10;12-5(6-8-1-2-9-6)7-10-3-4-11-7/h4-8,11H,9,15H2,1-3H3,(H,17,18);1-4H,(H,8,9)(H,10,11). The van der Waals surface area contributed by atoms with Gasteiger partial charge in [-0.3, -0.25) is 4.79 Å². The number of nitrogens with one attached hydrogen (secondary N) is 2. The number of hydrogen-bond donors (Lipinski definition) is 4. The molecular formula is C21H26N6O5. The number of nitrogens with zero attached hydrogens (tertiary/aromatic N) is 3. The fourth-order valence-corrected chi connectivity index (χ4v) is 2.47. The van der Waals surface area contributed by atoms with E-state index in [0.717, 1.165) is 5.56 Å². The molecule has 32 heavy (non-hydrogen) atoms. The van der Waals surface area contributed by atoms with Crippen molar-refractivity contribution in [3.05, 3.63) is 72.3 Å². The van der Waals surface area contributed by atoms with E-state index in [1.165, 1.54) is 12.4 Å². The first kappa shape index (κ1) is 24.3. The number of carbonyl (C=O) groups excluding carboxylic acids is 2. The first-order valence-corrected chi connectivity index (χ1v) is 9.65. The van der Waals surface area contributed by atoms with Gasteiger partial charge in [0.05, 0.1) is 0 Å². The Bertz CT molecular complexity index is 961. The average molecular weight is 442 g/mol. The van der Waals surface area contributed by atoms with E-state index in [4.69, 9.17) is 10.6 Å². The lowest BCUT2D eigenvalue weighted by Crippen LogP contribution is -2.52. The second-order valence-electron chi connectivity index (χ2n) is 7.64. The maximum atomic E-state index is 11.8. The molecular weight excluding hydrogens is 416 g/mol. The second-order valence-corrected chi connectivity index (χ2v) is 7.64. The zero-order chi connectivity index (χ0) is 23.7. The molecule has 0 aliphatic carbocycles. The largest absolute Gasteiger partial charge is 0.480 e. The molecule has 0 bridgehead atoms. The number of carboxylic acid groups (broad SMARTS) is 1. The number of benzene rings is 1. The summed E-state index contributed by atoms with van der Waals surface area (Å²) in [6.07, 6.45) is 5.49. The predicted molar refractivity (Wildman–Crippen MR) is 114 cm³/mol. The highest BCUT2D eigenvalue weighted by atomic mass is 16.6. The van der Waals surface area contributed by atoms with Gasteiger partial charge in [0.2, 0.25) is 0 Å². The zero-order valence-electron chi connectivity index (χ0n) is 18.0. The van der Waals surface area contributed by atoms with Gasteiger partial charge in [-0.2, -0.15) is 0 Å². The lowest BCUT2D eigenvalue weighted by atomic mass is 10.1. The third-order valence-corrected chi connectivity index (χ3v) is 3.92. The topological polar surface area (TPSA) is 167 Å². The summed E-state index contributed by atoms with van der Waals surface area (Å²) < 4.78 is 5.07. The first-order valence-electron chi connectivity index (χ1n) is 9.65. The van der Waals surface area contributed by atoms with Crippen LogP contribution >= 0.6 is 0 Å². The molecule has 2 aromatic heterocycles. The maximum absolute atomic E-state index is 11.8. The molecule has 1 amide bonds. The summed E-state index contributed by atoms with van der Waals surface area (Å²) in [5.74, 6) is 4.78. The minimum absolute atomic E-state index is 0.117. The molecule has 2 heterocycles. The number of rotatable bonds is 6. The van der Waals surface area contributed by atoms with E-state index in [-0.39, 0.29) is 12.2 Å². The van der Waals surface area contributed by atoms with Crippen LogP contribution in [-0.2, 0) is 16.0 Å². The van der Waals surface area contributed by atoms with Crippen LogP contribution in [0.3, 0.4) is 0 Å². The van der Waals surface area contributed by atoms with Crippen molar-refractivity contribution < 1.29 is 24.2 Å². The van der Waals surface area contributed by atoms with Crippen LogP contribution in [0.4, 0.5) is 4.79 Å². The van der Waals surface area contributed by atoms with Crippen molar-refractivity contribution in [2.45, 2.75) is 38.8 Å². The van der Waals surface area contributed by atoms with Gasteiger partial charge >= 0.3 is 12.1 Å². The summed E-state index contributed by atoms with van der Waals surface area (Å²) in [5.41, 5.74) is 0.0451. The summed E-state index contributed by atoms with van der Waals surface area (Å²) in [6.45, 7) is 5.06. The van der Waals surface area contributed by atoms with Gasteiger partial charge in [0.1, 0.15) is 5.60 Å². The minimum atomic E-state index is -1.18. The summed E-state index contributed by atoms with van der Waals surface area (Å²) in [7, 11) is 0. The van der Waals surface area contributed by atoms with Gasteiger partial charge in [-0.15, -0.1) is 0 Å². The highest BCUT2D eigenvalue weighted by Gasteiger charge is 2.31. The number of carboxylic acids is 1. The molecule has 0 aliphatic rings. The Hall–Kier alpha value is -3.99. The fourth-order valence-electron chi connectivity index (χ4n) is 2.47. The van der Waals surface area contributed by atoms with Gasteiger partial charge in [-0.1, -0.05) is 30.3 Å². The normalized spacial score (nSPS) is 11.6. The lowest BCUT2D eigenvalue weighted by molar-refractivity contribution is -0.143. The summed E-state index contributed by atoms with van der Waals surface area (Å²) in [4.78, 5) is 47.5. The van der Waals surface area contributed by atoms with E-state index < -0.39 is 23.7 Å². The summed E-state index contributed by atoms with van der Waals surface area (Å²) >= 11 is 0. The SMILES string of the molecule is CC(C)(C)OC(=O)N(N)C(Cc1ccccc1)C(=O)O.O=C(c1ncc[nH]1)c1ncc[nH]1. The first-order chi connectivity index (χ1) is 15.1. The van der Waals surface area contributed by atoms with Gasteiger partial charge in [-0.05, 0) is 26.3 Å². The molecule has 1 aromatic carbocycles. The molecule has 0 spiro atoms. The van der Waals surface area contributed by atoms with Gasteiger partial charge in [0.25, 0.3) is 5.78 Å². The molecule has 11 heteroatoms. The summed E-state index contributed by atoms with van der Waals surface area (Å²) in [6, 6.07) is 7.79. The number of aromatic nitrogens is 4. The third kappa shape index (κ3) is 7.36. The molecule has 0 saturated heterocycles. The monoisotopic (exact) mass is 442 g/mol. The Morgan fingerprint density at radius 1 is 1.06 bits per heavy atom. The van der Waals surface area contributed by atoms with Gasteiger partial charge in [0.15, 0.2) is 17.7 Å². The maximum Gasteiger partial charge on any atom is 0.425 e. The van der Waals surface area contributed by atoms with Crippen molar-refractivity contribution in [1.29, 1.82) is 0 Å². The number of ether oxygens (including phenoxy) is 1. The molecule has 0 aliphatic heterocycles. The number of hydrazine groups is 1. The third-order valence-electron chi connectivity index (χ3n) is 3.92. The molecule has 1 atom stereocenters. The van der Waals surface area contributed by atoms with Crippen LogP contribution in [0.15, 0.2) is 55.1 Å².